The van der Waals surface area contributed by atoms with Crippen LogP contribution < -0.4 is 11.1 Å². The van der Waals surface area contributed by atoms with Gasteiger partial charge in [-0.15, -0.1) is 0 Å². The zero-order chi connectivity index (χ0) is 13.0. The van der Waals surface area contributed by atoms with Gasteiger partial charge in [0.25, 0.3) is 5.69 Å². The van der Waals surface area contributed by atoms with Crippen molar-refractivity contribution in [1.82, 2.24) is 5.32 Å². The summed E-state index contributed by atoms with van der Waals surface area (Å²) in [7, 11) is 0. The van der Waals surface area contributed by atoms with Crippen molar-refractivity contribution in [2.75, 3.05) is 6.54 Å². The molecule has 6 heteroatoms. The van der Waals surface area contributed by atoms with Crippen LogP contribution in [0.1, 0.15) is 24.1 Å². The van der Waals surface area contributed by atoms with Crippen molar-refractivity contribution in [3.8, 4) is 0 Å². The minimum absolute atomic E-state index is 0.0522. The third-order valence-corrected chi connectivity index (χ3v) is 2.49. The van der Waals surface area contributed by atoms with E-state index in [-0.39, 0.29) is 24.2 Å². The smallest absolute Gasteiger partial charge is 0.272 e. The molecule has 0 fully saturated rings. The number of nitrogens with zero attached hydrogens (tertiary/aromatic N) is 1. The molecule has 0 aliphatic rings. The van der Waals surface area contributed by atoms with Gasteiger partial charge in [0.15, 0.2) is 0 Å². The summed E-state index contributed by atoms with van der Waals surface area (Å²) >= 11 is 0. The van der Waals surface area contributed by atoms with Crippen LogP contribution in [0, 0.1) is 17.0 Å². The Morgan fingerprint density at radius 1 is 1.59 bits per heavy atom. The van der Waals surface area contributed by atoms with E-state index in [0.717, 1.165) is 0 Å². The first-order chi connectivity index (χ1) is 7.95. The molecule has 3 N–H and O–H groups in total. The zero-order valence-electron chi connectivity index (χ0n) is 9.77. The first kappa shape index (κ1) is 13.1. The summed E-state index contributed by atoms with van der Waals surface area (Å²) in [4.78, 5) is 21.5. The van der Waals surface area contributed by atoms with Gasteiger partial charge in [-0.25, -0.2) is 0 Å². The van der Waals surface area contributed by atoms with Crippen molar-refractivity contribution in [3.63, 3.8) is 0 Å². The molecule has 0 bridgehead atoms. The molecule has 1 amide bonds. The monoisotopic (exact) mass is 237 g/mol. The second-order valence-corrected chi connectivity index (χ2v) is 3.80. The van der Waals surface area contributed by atoms with Gasteiger partial charge in [-0.2, -0.15) is 0 Å². The summed E-state index contributed by atoms with van der Waals surface area (Å²) in [6, 6.07) is 4.59. The van der Waals surface area contributed by atoms with Crippen LogP contribution in [0.2, 0.25) is 0 Å². The van der Waals surface area contributed by atoms with E-state index in [1.54, 1.807) is 26.0 Å². The topological polar surface area (TPSA) is 98.3 Å². The van der Waals surface area contributed by atoms with Gasteiger partial charge in [-0.05, 0) is 19.4 Å². The third kappa shape index (κ3) is 3.25. The Morgan fingerprint density at radius 3 is 2.76 bits per heavy atom. The van der Waals surface area contributed by atoms with Gasteiger partial charge >= 0.3 is 0 Å². The van der Waals surface area contributed by atoms with Gasteiger partial charge in [-0.1, -0.05) is 12.1 Å². The fourth-order valence-corrected chi connectivity index (χ4v) is 1.48. The van der Waals surface area contributed by atoms with E-state index in [2.05, 4.69) is 5.32 Å². The molecule has 1 aromatic carbocycles. The van der Waals surface area contributed by atoms with Gasteiger partial charge in [0.2, 0.25) is 5.91 Å². The molecule has 17 heavy (non-hydrogen) atoms. The average molecular weight is 237 g/mol. The summed E-state index contributed by atoms with van der Waals surface area (Å²) in [5, 5.41) is 13.4. The lowest BCUT2D eigenvalue weighted by molar-refractivity contribution is -0.385. The fraction of sp³-hybridized carbons (Fsp3) is 0.364. The highest BCUT2D eigenvalue weighted by Crippen LogP contribution is 2.22. The van der Waals surface area contributed by atoms with E-state index in [9.17, 15) is 14.9 Å². The van der Waals surface area contributed by atoms with Crippen LogP contribution in [0.5, 0.6) is 0 Å². The SMILES string of the molecule is Cc1ccc(C(C)NC(=O)CN)cc1[N+](=O)[O-]. The molecule has 1 rings (SSSR count). The molecule has 0 heterocycles. The van der Waals surface area contributed by atoms with Crippen LogP contribution in [0.3, 0.4) is 0 Å². The largest absolute Gasteiger partial charge is 0.348 e. The van der Waals surface area contributed by atoms with Gasteiger partial charge < -0.3 is 11.1 Å². The summed E-state index contributed by atoms with van der Waals surface area (Å²) in [5.74, 6) is -0.291. The molecule has 0 spiro atoms. The summed E-state index contributed by atoms with van der Waals surface area (Å²) in [5.41, 5.74) is 6.51. The molecular formula is C11H15N3O3. The van der Waals surface area contributed by atoms with E-state index in [4.69, 9.17) is 5.73 Å². The van der Waals surface area contributed by atoms with Crippen LogP contribution in [0.25, 0.3) is 0 Å². The van der Waals surface area contributed by atoms with Gasteiger partial charge in [0, 0.05) is 11.6 Å². The Morgan fingerprint density at radius 2 is 2.24 bits per heavy atom. The highest BCUT2D eigenvalue weighted by molar-refractivity contribution is 5.78. The Labute approximate surface area is 99.0 Å². The minimum atomic E-state index is -0.434. The first-order valence-corrected chi connectivity index (χ1v) is 5.20. The van der Waals surface area contributed by atoms with Crippen LogP contribution in [-0.2, 0) is 4.79 Å². The van der Waals surface area contributed by atoms with Crippen molar-refractivity contribution < 1.29 is 9.72 Å². The second kappa shape index (κ2) is 5.40. The molecule has 0 aromatic heterocycles. The maximum Gasteiger partial charge on any atom is 0.272 e. The quantitative estimate of drug-likeness (QED) is 0.603. The average Bonchev–Trinajstić information content (AvgIpc) is 2.28. The molecule has 1 atom stereocenters. The molecule has 1 aromatic rings. The number of benzene rings is 1. The first-order valence-electron chi connectivity index (χ1n) is 5.20. The summed E-state index contributed by atoms with van der Waals surface area (Å²) in [6.45, 7) is 3.32. The highest BCUT2D eigenvalue weighted by Gasteiger charge is 2.15. The molecule has 0 saturated carbocycles. The second-order valence-electron chi connectivity index (χ2n) is 3.80. The lowest BCUT2D eigenvalue weighted by Gasteiger charge is -2.13. The van der Waals surface area contributed by atoms with Gasteiger partial charge in [0.05, 0.1) is 17.5 Å². The van der Waals surface area contributed by atoms with Crippen molar-refractivity contribution in [1.29, 1.82) is 0 Å². The van der Waals surface area contributed by atoms with Gasteiger partial charge in [0.1, 0.15) is 0 Å². The van der Waals surface area contributed by atoms with Crippen LogP contribution >= 0.6 is 0 Å². The number of nitrogens with two attached hydrogens (primary N) is 1. The van der Waals surface area contributed by atoms with E-state index in [0.29, 0.717) is 11.1 Å². The fourth-order valence-electron chi connectivity index (χ4n) is 1.48. The van der Waals surface area contributed by atoms with E-state index >= 15 is 0 Å². The standard InChI is InChI=1S/C11H15N3O3/c1-7-3-4-9(5-10(7)14(16)17)8(2)13-11(15)6-12/h3-5,8H,6,12H2,1-2H3,(H,13,15). The minimum Gasteiger partial charge on any atom is -0.348 e. The number of aryl methyl sites for hydroxylation is 1. The van der Waals surface area contributed by atoms with E-state index in [1.807, 2.05) is 0 Å². The molecule has 92 valence electrons. The number of rotatable bonds is 4. The number of hydrogen-bond donors (Lipinski definition) is 2. The summed E-state index contributed by atoms with van der Waals surface area (Å²) in [6.07, 6.45) is 0. The Hall–Kier alpha value is -1.95. The van der Waals surface area contributed by atoms with Crippen molar-refractivity contribution in [3.05, 3.63) is 39.4 Å². The number of carbonyl (C=O) groups excluding carboxylic acids is 1. The lowest BCUT2D eigenvalue weighted by Crippen LogP contribution is -2.32. The number of nitro groups is 1. The Bertz CT molecular complexity index is 446. The number of hydrogen-bond acceptors (Lipinski definition) is 4. The zero-order valence-corrected chi connectivity index (χ0v) is 9.77. The number of amides is 1. The number of nitrogens with one attached hydrogen (secondary N) is 1. The van der Waals surface area contributed by atoms with E-state index < -0.39 is 4.92 Å². The van der Waals surface area contributed by atoms with Gasteiger partial charge in [-0.3, -0.25) is 14.9 Å². The maximum absolute atomic E-state index is 11.1. The van der Waals surface area contributed by atoms with Crippen molar-refractivity contribution >= 4 is 11.6 Å². The Kier molecular flexibility index (Phi) is 4.17. The predicted octanol–water partition coefficient (Wildman–Crippen LogP) is 1.04. The highest BCUT2D eigenvalue weighted by atomic mass is 16.6. The molecule has 0 aliphatic carbocycles. The van der Waals surface area contributed by atoms with Crippen LogP contribution in [0.15, 0.2) is 18.2 Å². The van der Waals surface area contributed by atoms with Crippen molar-refractivity contribution in [2.45, 2.75) is 19.9 Å². The molecule has 0 aliphatic heterocycles. The molecular weight excluding hydrogens is 222 g/mol. The molecule has 0 saturated heterocycles. The third-order valence-electron chi connectivity index (χ3n) is 2.49. The van der Waals surface area contributed by atoms with Crippen LogP contribution in [-0.4, -0.2) is 17.4 Å². The molecule has 1 unspecified atom stereocenters. The molecule has 0 radical (unpaired) electrons. The van der Waals surface area contributed by atoms with Crippen molar-refractivity contribution in [2.24, 2.45) is 5.73 Å². The Balaban J connectivity index is 2.95. The predicted molar refractivity (Wildman–Crippen MR) is 63.4 cm³/mol. The van der Waals surface area contributed by atoms with Crippen LogP contribution in [0.4, 0.5) is 5.69 Å². The lowest BCUT2D eigenvalue weighted by atomic mass is 10.0. The molecule has 6 nitrogen and oxygen atoms in total. The maximum atomic E-state index is 11.1. The number of nitro benzene ring substituents is 1. The summed E-state index contributed by atoms with van der Waals surface area (Å²) < 4.78 is 0. The number of carbonyl (C=O) groups is 1. The van der Waals surface area contributed by atoms with E-state index in [1.165, 1.54) is 6.07 Å². The normalized spacial score (nSPS) is 11.9.